The molecule has 0 N–H and O–H groups in total. The minimum absolute atomic E-state index is 0.628. The molecule has 0 aromatic carbocycles. The maximum absolute atomic E-state index is 8.20. The largest absolute Gasteiger partial charge is 0.303 e. The van der Waals surface area contributed by atoms with E-state index in [0.717, 1.165) is 6.54 Å². The zero-order valence-electron chi connectivity index (χ0n) is 9.36. The molecule has 0 aromatic rings. The van der Waals surface area contributed by atoms with Gasteiger partial charge in [-0.1, -0.05) is 18.0 Å². The van der Waals surface area contributed by atoms with E-state index in [1.54, 1.807) is 0 Å². The van der Waals surface area contributed by atoms with Crippen LogP contribution in [0, 0.1) is 5.41 Å². The van der Waals surface area contributed by atoms with Crippen LogP contribution in [0.1, 0.15) is 38.5 Å². The first-order valence-corrected chi connectivity index (χ1v) is 6.08. The van der Waals surface area contributed by atoms with Crippen molar-refractivity contribution in [2.45, 2.75) is 38.5 Å². The van der Waals surface area contributed by atoms with Crippen molar-refractivity contribution in [3.05, 3.63) is 10.4 Å². The molecular weight excluding hydrogens is 188 g/mol. The van der Waals surface area contributed by atoms with Crippen molar-refractivity contribution >= 4 is 0 Å². The van der Waals surface area contributed by atoms with Gasteiger partial charge in [0.2, 0.25) is 0 Å². The Morgan fingerprint density at radius 3 is 2.40 bits per heavy atom. The molecule has 0 amide bonds. The van der Waals surface area contributed by atoms with Crippen molar-refractivity contribution in [3.63, 3.8) is 0 Å². The Bertz CT molecular complexity index is 241. The highest BCUT2D eigenvalue weighted by atomic mass is 15.2. The molecule has 1 heterocycles. The van der Waals surface area contributed by atoms with E-state index >= 15 is 0 Å². The van der Waals surface area contributed by atoms with E-state index < -0.39 is 0 Å². The molecule has 0 atom stereocenters. The molecule has 4 heteroatoms. The monoisotopic (exact) mass is 208 g/mol. The Hall–Kier alpha value is -0.730. The van der Waals surface area contributed by atoms with Crippen LogP contribution in [-0.2, 0) is 0 Å². The Balaban J connectivity index is 1.74. The van der Waals surface area contributed by atoms with Gasteiger partial charge >= 0.3 is 0 Å². The van der Waals surface area contributed by atoms with Crippen molar-refractivity contribution in [2.24, 2.45) is 10.5 Å². The molecule has 1 aliphatic heterocycles. The Morgan fingerprint density at radius 2 is 1.80 bits per heavy atom. The van der Waals surface area contributed by atoms with E-state index in [9.17, 15) is 0 Å². The third kappa shape index (κ3) is 2.64. The fourth-order valence-corrected chi connectivity index (χ4v) is 3.11. The SMILES string of the molecule is [N-]=[N+]=NCCN1CCC2(CCCC2)CC1. The lowest BCUT2D eigenvalue weighted by Crippen LogP contribution is -2.39. The Labute approximate surface area is 91.3 Å². The van der Waals surface area contributed by atoms with Gasteiger partial charge in [0.05, 0.1) is 0 Å². The minimum Gasteiger partial charge on any atom is -0.303 e. The van der Waals surface area contributed by atoms with Crippen LogP contribution in [0.3, 0.4) is 0 Å². The molecule has 0 unspecified atom stereocenters. The summed E-state index contributed by atoms with van der Waals surface area (Å²) in [5.74, 6) is 0. The van der Waals surface area contributed by atoms with Gasteiger partial charge in [0.1, 0.15) is 0 Å². The lowest BCUT2D eigenvalue weighted by Gasteiger charge is -2.39. The van der Waals surface area contributed by atoms with Gasteiger partial charge in [-0.2, -0.15) is 0 Å². The maximum Gasteiger partial charge on any atom is 0.0385 e. The fourth-order valence-electron chi connectivity index (χ4n) is 3.11. The Morgan fingerprint density at radius 1 is 1.13 bits per heavy atom. The van der Waals surface area contributed by atoms with Crippen LogP contribution in [0.5, 0.6) is 0 Å². The van der Waals surface area contributed by atoms with E-state index in [1.807, 2.05) is 0 Å². The molecule has 0 aromatic heterocycles. The summed E-state index contributed by atoms with van der Waals surface area (Å²) < 4.78 is 0. The number of azide groups is 1. The molecule has 15 heavy (non-hydrogen) atoms. The number of rotatable bonds is 3. The second-order valence-corrected chi connectivity index (χ2v) is 5.00. The summed E-state index contributed by atoms with van der Waals surface area (Å²) in [6.07, 6.45) is 8.53. The second kappa shape index (κ2) is 4.86. The maximum atomic E-state index is 8.20. The van der Waals surface area contributed by atoms with Crippen molar-refractivity contribution in [2.75, 3.05) is 26.2 Å². The number of piperidine rings is 1. The highest BCUT2D eigenvalue weighted by Gasteiger charge is 2.36. The first-order valence-electron chi connectivity index (χ1n) is 6.08. The molecule has 0 bridgehead atoms. The molecule has 1 aliphatic carbocycles. The second-order valence-electron chi connectivity index (χ2n) is 5.00. The first-order chi connectivity index (χ1) is 7.35. The fraction of sp³-hybridized carbons (Fsp3) is 1.00. The van der Waals surface area contributed by atoms with E-state index in [1.165, 1.54) is 51.6 Å². The molecule has 0 radical (unpaired) electrons. The third-order valence-electron chi connectivity index (χ3n) is 4.16. The quantitative estimate of drug-likeness (QED) is 0.399. The molecule has 1 saturated carbocycles. The molecule has 2 aliphatic rings. The van der Waals surface area contributed by atoms with Crippen LogP contribution in [0.4, 0.5) is 0 Å². The molecule has 2 rings (SSSR count). The van der Waals surface area contributed by atoms with Gasteiger partial charge in [-0.3, -0.25) is 0 Å². The molecule has 1 spiro atoms. The van der Waals surface area contributed by atoms with Crippen LogP contribution >= 0.6 is 0 Å². The van der Waals surface area contributed by atoms with Crippen molar-refractivity contribution in [1.29, 1.82) is 0 Å². The number of hydrogen-bond donors (Lipinski definition) is 0. The van der Waals surface area contributed by atoms with Crippen LogP contribution in [0.15, 0.2) is 5.11 Å². The molecular formula is C11H20N4. The zero-order valence-corrected chi connectivity index (χ0v) is 9.36. The van der Waals surface area contributed by atoms with Gasteiger partial charge in [0.15, 0.2) is 0 Å². The van der Waals surface area contributed by atoms with Crippen LogP contribution in [0.25, 0.3) is 10.4 Å². The minimum atomic E-state index is 0.628. The summed E-state index contributed by atoms with van der Waals surface area (Å²) in [4.78, 5) is 5.23. The van der Waals surface area contributed by atoms with E-state index in [-0.39, 0.29) is 0 Å². The van der Waals surface area contributed by atoms with Crippen molar-refractivity contribution in [1.82, 2.24) is 4.90 Å². The molecule has 84 valence electrons. The third-order valence-corrected chi connectivity index (χ3v) is 4.16. The summed E-state index contributed by atoms with van der Waals surface area (Å²) in [5.41, 5.74) is 8.91. The van der Waals surface area contributed by atoms with Crippen molar-refractivity contribution < 1.29 is 0 Å². The number of likely N-dealkylation sites (tertiary alicyclic amines) is 1. The molecule has 1 saturated heterocycles. The molecule has 2 fully saturated rings. The average molecular weight is 208 g/mol. The topological polar surface area (TPSA) is 52.0 Å². The van der Waals surface area contributed by atoms with E-state index in [2.05, 4.69) is 14.9 Å². The summed E-state index contributed by atoms with van der Waals surface area (Å²) in [6, 6.07) is 0. The Kier molecular flexibility index (Phi) is 3.49. The summed E-state index contributed by atoms with van der Waals surface area (Å²) >= 11 is 0. The lowest BCUT2D eigenvalue weighted by atomic mass is 9.77. The van der Waals surface area contributed by atoms with Crippen molar-refractivity contribution in [3.8, 4) is 0 Å². The highest BCUT2D eigenvalue weighted by Crippen LogP contribution is 2.45. The normalized spacial score (nSPS) is 25.3. The highest BCUT2D eigenvalue weighted by molar-refractivity contribution is 4.89. The van der Waals surface area contributed by atoms with Gasteiger partial charge < -0.3 is 4.90 Å². The van der Waals surface area contributed by atoms with Crippen LogP contribution < -0.4 is 0 Å². The van der Waals surface area contributed by atoms with E-state index in [0.29, 0.717) is 12.0 Å². The van der Waals surface area contributed by atoms with Gasteiger partial charge in [0.25, 0.3) is 0 Å². The van der Waals surface area contributed by atoms with Gasteiger partial charge in [-0.25, -0.2) is 0 Å². The lowest BCUT2D eigenvalue weighted by molar-refractivity contribution is 0.111. The average Bonchev–Trinajstić information content (AvgIpc) is 2.71. The predicted molar refractivity (Wildman–Crippen MR) is 60.6 cm³/mol. The van der Waals surface area contributed by atoms with E-state index in [4.69, 9.17) is 5.53 Å². The summed E-state index contributed by atoms with van der Waals surface area (Å²) in [5, 5.41) is 3.59. The smallest absolute Gasteiger partial charge is 0.0385 e. The van der Waals surface area contributed by atoms with Crippen LogP contribution in [-0.4, -0.2) is 31.1 Å². The zero-order chi connectivity index (χ0) is 10.6. The number of hydrogen-bond acceptors (Lipinski definition) is 2. The standard InChI is InChI=1S/C11H20N4/c12-14-13-7-10-15-8-5-11(6-9-15)3-1-2-4-11/h1-10H2. The number of nitrogens with zero attached hydrogens (tertiary/aromatic N) is 4. The predicted octanol–water partition coefficient (Wildman–Crippen LogP) is 2.95. The first kappa shape index (κ1) is 10.8. The molecule has 4 nitrogen and oxygen atoms in total. The summed E-state index contributed by atoms with van der Waals surface area (Å²) in [7, 11) is 0. The van der Waals surface area contributed by atoms with Crippen LogP contribution in [0.2, 0.25) is 0 Å². The van der Waals surface area contributed by atoms with Gasteiger partial charge in [-0.15, -0.1) is 0 Å². The van der Waals surface area contributed by atoms with Gasteiger partial charge in [-0.05, 0) is 49.7 Å². The van der Waals surface area contributed by atoms with Gasteiger partial charge in [0, 0.05) is 18.0 Å². The summed E-state index contributed by atoms with van der Waals surface area (Å²) in [6.45, 7) is 3.99.